The lowest BCUT2D eigenvalue weighted by Gasteiger charge is -2.21. The van der Waals surface area contributed by atoms with Gasteiger partial charge in [-0.25, -0.2) is 4.79 Å². The van der Waals surface area contributed by atoms with Crippen LogP contribution in [-0.2, 0) is 10.3 Å². The number of amides is 4. The molecule has 1 unspecified atom stereocenters. The van der Waals surface area contributed by atoms with Crippen molar-refractivity contribution in [2.45, 2.75) is 12.5 Å². The van der Waals surface area contributed by atoms with E-state index in [1.54, 1.807) is 56.5 Å². The Morgan fingerprint density at radius 1 is 1.15 bits per heavy atom. The summed E-state index contributed by atoms with van der Waals surface area (Å²) in [7, 11) is 1.55. The molecule has 0 spiro atoms. The number of hydrogen-bond donors (Lipinski definition) is 3. The summed E-state index contributed by atoms with van der Waals surface area (Å²) in [5.74, 6) is -0.0578. The predicted octanol–water partition coefficient (Wildman–Crippen LogP) is 2.76. The van der Waals surface area contributed by atoms with Gasteiger partial charge in [0.1, 0.15) is 11.3 Å². The molecule has 1 heterocycles. The van der Waals surface area contributed by atoms with Crippen LogP contribution in [0.2, 0.25) is 0 Å². The maximum absolute atomic E-state index is 12.4. The first-order chi connectivity index (χ1) is 12.3. The molecule has 0 aliphatic carbocycles. The summed E-state index contributed by atoms with van der Waals surface area (Å²) in [6.07, 6.45) is 0. The third-order valence-corrected chi connectivity index (χ3v) is 4.80. The smallest absolute Gasteiger partial charge is 0.322 e. The van der Waals surface area contributed by atoms with Gasteiger partial charge in [0, 0.05) is 11.3 Å². The maximum atomic E-state index is 12.4. The lowest BCUT2D eigenvalue weighted by molar-refractivity contribution is -0.123. The highest BCUT2D eigenvalue weighted by atomic mass is 79.9. The van der Waals surface area contributed by atoms with E-state index in [9.17, 15) is 14.4 Å². The molecule has 1 fully saturated rings. The van der Waals surface area contributed by atoms with Gasteiger partial charge in [0.25, 0.3) is 11.8 Å². The van der Waals surface area contributed by atoms with Gasteiger partial charge in [0.2, 0.25) is 0 Å². The number of hydrogen-bond acceptors (Lipinski definition) is 4. The molecule has 3 rings (SSSR count). The van der Waals surface area contributed by atoms with Crippen LogP contribution in [0.3, 0.4) is 0 Å². The van der Waals surface area contributed by atoms with Crippen molar-refractivity contribution < 1.29 is 19.1 Å². The van der Waals surface area contributed by atoms with Gasteiger partial charge in [-0.2, -0.15) is 0 Å². The number of benzene rings is 2. The van der Waals surface area contributed by atoms with E-state index in [0.29, 0.717) is 27.0 Å². The Hall–Kier alpha value is -2.87. The van der Waals surface area contributed by atoms with Crippen molar-refractivity contribution >= 4 is 39.5 Å². The van der Waals surface area contributed by atoms with Gasteiger partial charge in [0.15, 0.2) is 0 Å². The number of imide groups is 1. The molecular weight excluding hydrogens is 402 g/mol. The molecule has 1 saturated heterocycles. The van der Waals surface area contributed by atoms with Crippen LogP contribution in [0.15, 0.2) is 46.9 Å². The quantitative estimate of drug-likeness (QED) is 0.666. The predicted molar refractivity (Wildman–Crippen MR) is 99.1 cm³/mol. The minimum absolute atomic E-state index is 0.278. The van der Waals surface area contributed by atoms with E-state index in [-0.39, 0.29) is 5.91 Å². The first-order valence-electron chi connectivity index (χ1n) is 7.72. The van der Waals surface area contributed by atoms with E-state index in [2.05, 4.69) is 31.9 Å². The maximum Gasteiger partial charge on any atom is 0.322 e. The van der Waals surface area contributed by atoms with Crippen molar-refractivity contribution in [1.29, 1.82) is 0 Å². The van der Waals surface area contributed by atoms with Gasteiger partial charge in [-0.1, -0.05) is 12.1 Å². The van der Waals surface area contributed by atoms with Crippen LogP contribution < -0.4 is 20.7 Å². The molecule has 7 nitrogen and oxygen atoms in total. The number of carbonyl (C=O) groups excluding carboxylic acids is 3. The SMILES string of the molecule is COc1ccc(C(=O)Nc2ccc(C3(C)NC(=O)NC3=O)cc2)cc1Br. The van der Waals surface area contributed by atoms with Crippen LogP contribution in [0, 0.1) is 0 Å². The summed E-state index contributed by atoms with van der Waals surface area (Å²) in [4.78, 5) is 35.7. The van der Waals surface area contributed by atoms with Crippen molar-refractivity contribution in [3.63, 3.8) is 0 Å². The summed E-state index contributed by atoms with van der Waals surface area (Å²) >= 11 is 3.35. The Labute approximate surface area is 158 Å². The monoisotopic (exact) mass is 417 g/mol. The minimum Gasteiger partial charge on any atom is -0.496 e. The summed E-state index contributed by atoms with van der Waals surface area (Å²) in [6.45, 7) is 1.62. The lowest BCUT2D eigenvalue weighted by atomic mass is 9.92. The fourth-order valence-corrected chi connectivity index (χ4v) is 3.18. The third kappa shape index (κ3) is 3.28. The van der Waals surface area contributed by atoms with Gasteiger partial charge in [0.05, 0.1) is 11.6 Å². The average molecular weight is 418 g/mol. The van der Waals surface area contributed by atoms with Crippen molar-refractivity contribution in [2.75, 3.05) is 12.4 Å². The summed E-state index contributed by atoms with van der Waals surface area (Å²) < 4.78 is 5.82. The first kappa shape index (κ1) is 17.9. The van der Waals surface area contributed by atoms with Gasteiger partial charge < -0.3 is 15.4 Å². The van der Waals surface area contributed by atoms with Gasteiger partial charge in [-0.05, 0) is 58.7 Å². The molecule has 3 N–H and O–H groups in total. The first-order valence-corrected chi connectivity index (χ1v) is 8.52. The van der Waals surface area contributed by atoms with Gasteiger partial charge >= 0.3 is 6.03 Å². The van der Waals surface area contributed by atoms with Gasteiger partial charge in [-0.15, -0.1) is 0 Å². The highest BCUT2D eigenvalue weighted by molar-refractivity contribution is 9.10. The third-order valence-electron chi connectivity index (χ3n) is 4.18. The van der Waals surface area contributed by atoms with E-state index >= 15 is 0 Å². The number of rotatable bonds is 4. The zero-order valence-corrected chi connectivity index (χ0v) is 15.6. The second-order valence-electron chi connectivity index (χ2n) is 5.91. The molecule has 26 heavy (non-hydrogen) atoms. The molecule has 0 bridgehead atoms. The molecule has 1 aliphatic rings. The fraction of sp³-hybridized carbons (Fsp3) is 0.167. The van der Waals surface area contributed by atoms with E-state index in [1.165, 1.54) is 0 Å². The van der Waals surface area contributed by atoms with Crippen LogP contribution >= 0.6 is 15.9 Å². The minimum atomic E-state index is -1.12. The number of urea groups is 1. The topological polar surface area (TPSA) is 96.5 Å². The molecule has 1 atom stereocenters. The van der Waals surface area contributed by atoms with E-state index in [1.807, 2.05) is 0 Å². The molecule has 1 aliphatic heterocycles. The Bertz CT molecular complexity index is 898. The Morgan fingerprint density at radius 3 is 2.38 bits per heavy atom. The molecule has 2 aromatic carbocycles. The molecule has 134 valence electrons. The standard InChI is InChI=1S/C18H16BrN3O4/c1-18(16(24)21-17(25)22-18)11-4-6-12(7-5-11)20-15(23)10-3-8-14(26-2)13(19)9-10/h3-9H,1-2H3,(H,20,23)(H2,21,22,24,25). The number of methoxy groups -OCH3 is 1. The second kappa shape index (κ2) is 6.80. The molecule has 0 aromatic heterocycles. The normalized spacial score (nSPS) is 18.9. The molecule has 4 amide bonds. The number of nitrogens with one attached hydrogen (secondary N) is 3. The molecule has 0 radical (unpaired) electrons. The van der Waals surface area contributed by atoms with E-state index in [0.717, 1.165) is 0 Å². The fourth-order valence-electron chi connectivity index (χ4n) is 2.64. The Morgan fingerprint density at radius 2 is 1.85 bits per heavy atom. The molecular formula is C18H16BrN3O4. The van der Waals surface area contributed by atoms with Crippen LogP contribution in [-0.4, -0.2) is 25.0 Å². The Balaban J connectivity index is 1.75. The van der Waals surface area contributed by atoms with Crippen LogP contribution in [0.5, 0.6) is 5.75 Å². The van der Waals surface area contributed by atoms with Crippen molar-refractivity contribution in [3.8, 4) is 5.75 Å². The summed E-state index contributed by atoms with van der Waals surface area (Å²) in [5, 5.41) is 7.60. The molecule has 0 saturated carbocycles. The van der Waals surface area contributed by atoms with E-state index in [4.69, 9.17) is 4.74 Å². The Kier molecular flexibility index (Phi) is 4.69. The zero-order valence-electron chi connectivity index (χ0n) is 14.1. The second-order valence-corrected chi connectivity index (χ2v) is 6.77. The number of carbonyl (C=O) groups is 3. The lowest BCUT2D eigenvalue weighted by Crippen LogP contribution is -2.40. The van der Waals surface area contributed by atoms with Crippen molar-refractivity contribution in [3.05, 3.63) is 58.1 Å². The average Bonchev–Trinajstić information content (AvgIpc) is 2.88. The van der Waals surface area contributed by atoms with Crippen LogP contribution in [0.4, 0.5) is 10.5 Å². The van der Waals surface area contributed by atoms with Crippen LogP contribution in [0.1, 0.15) is 22.8 Å². The summed E-state index contributed by atoms with van der Waals surface area (Å²) in [5.41, 5.74) is 0.529. The van der Waals surface area contributed by atoms with E-state index < -0.39 is 17.5 Å². The van der Waals surface area contributed by atoms with Crippen molar-refractivity contribution in [2.24, 2.45) is 0 Å². The molecule has 8 heteroatoms. The highest BCUT2D eigenvalue weighted by Gasteiger charge is 2.43. The summed E-state index contributed by atoms with van der Waals surface area (Å²) in [6, 6.07) is 11.2. The van der Waals surface area contributed by atoms with Gasteiger partial charge in [-0.3, -0.25) is 14.9 Å². The zero-order chi connectivity index (χ0) is 18.9. The number of ether oxygens (including phenoxy) is 1. The highest BCUT2D eigenvalue weighted by Crippen LogP contribution is 2.27. The van der Waals surface area contributed by atoms with Crippen LogP contribution in [0.25, 0.3) is 0 Å². The molecule has 2 aromatic rings. The van der Waals surface area contributed by atoms with Crippen molar-refractivity contribution in [1.82, 2.24) is 10.6 Å². The number of halogens is 1. The number of anilines is 1. The largest absolute Gasteiger partial charge is 0.496 e.